The summed E-state index contributed by atoms with van der Waals surface area (Å²) in [6.07, 6.45) is 8.13. The minimum atomic E-state index is -4.53. The zero-order chi connectivity index (χ0) is 31.6. The molecule has 2 unspecified atom stereocenters. The molecule has 2 bridgehead atoms. The first-order valence-electron chi connectivity index (χ1n) is 16.0. The molecule has 3 aliphatic rings. The lowest BCUT2D eigenvalue weighted by atomic mass is 9.90. The number of halogens is 2. The molecule has 2 heterocycles. The van der Waals surface area contributed by atoms with Gasteiger partial charge in [-0.3, -0.25) is 4.79 Å². The second kappa shape index (κ2) is 13.2. The molecule has 3 fully saturated rings. The lowest BCUT2D eigenvalue weighted by Gasteiger charge is -2.41. The highest BCUT2D eigenvalue weighted by Crippen LogP contribution is 2.40. The van der Waals surface area contributed by atoms with Gasteiger partial charge in [0.25, 0.3) is 5.92 Å². The predicted molar refractivity (Wildman–Crippen MR) is 169 cm³/mol. The van der Waals surface area contributed by atoms with Gasteiger partial charge in [0, 0.05) is 23.7 Å². The zero-order valence-electron chi connectivity index (χ0n) is 25.3. The van der Waals surface area contributed by atoms with Crippen molar-refractivity contribution in [3.8, 4) is 16.9 Å². The number of hydrogen-bond donors (Lipinski definition) is 2. The quantitative estimate of drug-likeness (QED) is 0.275. The molecule has 45 heavy (non-hydrogen) atoms. The molecular formula is C35H41F2N3O4S. The van der Waals surface area contributed by atoms with Gasteiger partial charge in [0.1, 0.15) is 5.75 Å². The average Bonchev–Trinajstić information content (AvgIpc) is 3.33. The molecule has 3 aromatic carbocycles. The van der Waals surface area contributed by atoms with E-state index in [1.54, 1.807) is 18.2 Å². The standard InChI is InChI=1S/C35H41F2N3O4S/c36-35(37,27-13-7-12-26(20-27)25-10-5-2-6-11-25)33(34(41)40-29-14-15-30(40)22-28(38)21-29)39-45(42,43)32-18-16-31(17-19-32)44-23-24-8-3-1-4-9-24/h2,5-7,10-13,16-20,24,28-30,33,39H,1,3-4,8-9,14-15,21-23,38H2/t28?,29?,30?,33-/m0/s1. The van der Waals surface area contributed by atoms with Crippen molar-refractivity contribution in [1.29, 1.82) is 0 Å². The van der Waals surface area contributed by atoms with E-state index in [4.69, 9.17) is 10.5 Å². The number of sulfonamides is 1. The van der Waals surface area contributed by atoms with Crippen LogP contribution in [0.2, 0.25) is 0 Å². The van der Waals surface area contributed by atoms with Crippen molar-refractivity contribution in [2.75, 3.05) is 6.61 Å². The topological polar surface area (TPSA) is 102 Å². The van der Waals surface area contributed by atoms with Gasteiger partial charge in [-0.1, -0.05) is 67.8 Å². The molecule has 1 amide bonds. The van der Waals surface area contributed by atoms with E-state index < -0.39 is 33.5 Å². The molecule has 0 aromatic heterocycles. The molecule has 0 radical (unpaired) electrons. The Morgan fingerprint density at radius 1 is 0.889 bits per heavy atom. The fraction of sp³-hybridized carbons (Fsp3) is 0.457. The van der Waals surface area contributed by atoms with Gasteiger partial charge in [-0.05, 0) is 85.9 Å². The molecule has 10 heteroatoms. The van der Waals surface area contributed by atoms with Crippen LogP contribution >= 0.6 is 0 Å². The van der Waals surface area contributed by atoms with Gasteiger partial charge in [-0.25, -0.2) is 8.42 Å². The lowest BCUT2D eigenvalue weighted by molar-refractivity contribution is -0.149. The summed E-state index contributed by atoms with van der Waals surface area (Å²) in [4.78, 5) is 15.3. The Morgan fingerprint density at radius 2 is 1.53 bits per heavy atom. The minimum absolute atomic E-state index is 0.122. The fourth-order valence-corrected chi connectivity index (χ4v) is 8.41. The van der Waals surface area contributed by atoms with Gasteiger partial charge >= 0.3 is 0 Å². The van der Waals surface area contributed by atoms with Gasteiger partial charge in [-0.2, -0.15) is 13.5 Å². The molecule has 0 spiro atoms. The van der Waals surface area contributed by atoms with E-state index in [-0.39, 0.29) is 23.0 Å². The van der Waals surface area contributed by atoms with Crippen LogP contribution in [0.4, 0.5) is 8.78 Å². The number of ether oxygens (including phenoxy) is 1. The zero-order valence-corrected chi connectivity index (χ0v) is 26.1. The third kappa shape index (κ3) is 6.93. The first-order valence-corrected chi connectivity index (χ1v) is 17.5. The molecular weight excluding hydrogens is 596 g/mol. The van der Waals surface area contributed by atoms with Gasteiger partial charge in [0.2, 0.25) is 15.9 Å². The Bertz CT molecular complexity index is 1570. The summed E-state index contributed by atoms with van der Waals surface area (Å²) in [7, 11) is -4.53. The molecule has 2 saturated heterocycles. The normalized spacial score (nSPS) is 23.1. The molecule has 2 aliphatic heterocycles. The van der Waals surface area contributed by atoms with Gasteiger partial charge in [0.05, 0.1) is 11.5 Å². The molecule has 3 atom stereocenters. The largest absolute Gasteiger partial charge is 0.493 e. The van der Waals surface area contributed by atoms with Crippen LogP contribution in [0.5, 0.6) is 5.75 Å². The van der Waals surface area contributed by atoms with E-state index in [0.29, 0.717) is 49.5 Å². The maximum absolute atomic E-state index is 16.6. The number of piperidine rings is 1. The predicted octanol–water partition coefficient (Wildman–Crippen LogP) is 6.23. The van der Waals surface area contributed by atoms with Crippen molar-refractivity contribution in [3.63, 3.8) is 0 Å². The van der Waals surface area contributed by atoms with Crippen LogP contribution in [0.15, 0.2) is 83.8 Å². The van der Waals surface area contributed by atoms with E-state index in [1.807, 2.05) is 18.2 Å². The number of nitrogens with two attached hydrogens (primary N) is 1. The molecule has 1 aliphatic carbocycles. The number of fused-ring (bicyclic) bond motifs is 2. The van der Waals surface area contributed by atoms with Crippen molar-refractivity contribution in [1.82, 2.24) is 9.62 Å². The van der Waals surface area contributed by atoms with Crippen molar-refractivity contribution in [2.24, 2.45) is 11.7 Å². The second-order valence-corrected chi connectivity index (χ2v) is 14.5. The molecule has 1 saturated carbocycles. The van der Waals surface area contributed by atoms with Crippen LogP contribution in [0, 0.1) is 5.92 Å². The smallest absolute Gasteiger partial charge is 0.298 e. The number of rotatable bonds is 10. The van der Waals surface area contributed by atoms with E-state index >= 15 is 8.78 Å². The van der Waals surface area contributed by atoms with Crippen LogP contribution < -0.4 is 15.2 Å². The Labute approximate surface area is 264 Å². The third-order valence-corrected chi connectivity index (χ3v) is 11.0. The number of carbonyl (C=O) groups excluding carboxylic acids is 1. The highest BCUT2D eigenvalue weighted by atomic mass is 32.2. The summed E-state index contributed by atoms with van der Waals surface area (Å²) in [5.74, 6) is -3.81. The fourth-order valence-electron chi connectivity index (χ4n) is 7.22. The van der Waals surface area contributed by atoms with E-state index in [1.165, 1.54) is 66.6 Å². The number of carbonyl (C=O) groups is 1. The summed E-state index contributed by atoms with van der Waals surface area (Å²) in [6, 6.07) is 17.5. The summed E-state index contributed by atoms with van der Waals surface area (Å²) >= 11 is 0. The Hall–Kier alpha value is -3.34. The van der Waals surface area contributed by atoms with Crippen LogP contribution in [0.3, 0.4) is 0 Å². The van der Waals surface area contributed by atoms with Gasteiger partial charge < -0.3 is 15.4 Å². The Balaban J connectivity index is 1.28. The number of nitrogens with zero attached hydrogens (tertiary/aromatic N) is 1. The van der Waals surface area contributed by atoms with Gasteiger partial charge in [-0.15, -0.1) is 0 Å². The number of alkyl halides is 2. The maximum atomic E-state index is 16.6. The summed E-state index contributed by atoms with van der Waals surface area (Å²) in [5.41, 5.74) is 7.01. The molecule has 6 rings (SSSR count). The summed E-state index contributed by atoms with van der Waals surface area (Å²) in [6.45, 7) is 0.553. The maximum Gasteiger partial charge on any atom is 0.298 e. The summed E-state index contributed by atoms with van der Waals surface area (Å²) in [5, 5.41) is 0. The number of hydrogen-bond acceptors (Lipinski definition) is 5. The minimum Gasteiger partial charge on any atom is -0.493 e. The first-order chi connectivity index (χ1) is 21.6. The monoisotopic (exact) mass is 637 g/mol. The SMILES string of the molecule is NC1CC2CCC(C1)N2C(=O)[C@H](NS(=O)(=O)c1ccc(OCC2CCCCC2)cc1)C(F)(F)c1cccc(-c2ccccc2)c1. The van der Waals surface area contributed by atoms with Crippen molar-refractivity contribution in [3.05, 3.63) is 84.4 Å². The van der Waals surface area contributed by atoms with Crippen LogP contribution in [-0.4, -0.2) is 50.0 Å². The molecule has 3 aromatic rings. The first kappa shape index (κ1) is 31.6. The number of benzene rings is 3. The Kier molecular flexibility index (Phi) is 9.27. The molecule has 7 nitrogen and oxygen atoms in total. The second-order valence-electron chi connectivity index (χ2n) is 12.8. The van der Waals surface area contributed by atoms with Crippen LogP contribution in [0.25, 0.3) is 11.1 Å². The van der Waals surface area contributed by atoms with Crippen LogP contribution in [-0.2, 0) is 20.7 Å². The number of nitrogens with one attached hydrogen (secondary N) is 1. The van der Waals surface area contributed by atoms with Crippen molar-refractivity contribution >= 4 is 15.9 Å². The highest BCUT2D eigenvalue weighted by molar-refractivity contribution is 7.89. The number of amides is 1. The summed E-state index contributed by atoms with van der Waals surface area (Å²) < 4.78 is 68.7. The van der Waals surface area contributed by atoms with Gasteiger partial charge in [0.15, 0.2) is 6.04 Å². The molecule has 3 N–H and O–H groups in total. The lowest BCUT2D eigenvalue weighted by Crippen LogP contribution is -2.60. The average molecular weight is 638 g/mol. The molecule has 240 valence electrons. The van der Waals surface area contributed by atoms with E-state index in [0.717, 1.165) is 18.4 Å². The van der Waals surface area contributed by atoms with Crippen LogP contribution in [0.1, 0.15) is 63.4 Å². The Morgan fingerprint density at radius 3 is 2.20 bits per heavy atom. The van der Waals surface area contributed by atoms with E-state index in [2.05, 4.69) is 4.72 Å². The van der Waals surface area contributed by atoms with Crippen molar-refractivity contribution in [2.45, 2.75) is 92.8 Å². The van der Waals surface area contributed by atoms with Crippen molar-refractivity contribution < 1.29 is 26.7 Å². The highest BCUT2D eigenvalue weighted by Gasteiger charge is 2.53. The third-order valence-electron chi connectivity index (χ3n) is 9.61. The van der Waals surface area contributed by atoms with E-state index in [9.17, 15) is 13.2 Å².